The molecule has 1 aromatic carbocycles. The third-order valence-corrected chi connectivity index (χ3v) is 5.83. The molecule has 2 unspecified atom stereocenters. The lowest BCUT2D eigenvalue weighted by atomic mass is 9.77. The first kappa shape index (κ1) is 14.5. The first-order valence-corrected chi connectivity index (χ1v) is 8.45. The van der Waals surface area contributed by atoms with Gasteiger partial charge in [-0.25, -0.2) is 4.39 Å². The van der Waals surface area contributed by atoms with Gasteiger partial charge in [0.1, 0.15) is 5.82 Å². The van der Waals surface area contributed by atoms with Gasteiger partial charge in [-0.2, -0.15) is 0 Å². The Balaban J connectivity index is 1.78. The monoisotopic (exact) mass is 339 g/mol. The highest BCUT2D eigenvalue weighted by atomic mass is 79.9. The van der Waals surface area contributed by atoms with Crippen LogP contribution in [0, 0.1) is 23.1 Å². The summed E-state index contributed by atoms with van der Waals surface area (Å²) in [5, 5.41) is 3.61. The van der Waals surface area contributed by atoms with Gasteiger partial charge in [0.25, 0.3) is 0 Å². The van der Waals surface area contributed by atoms with Gasteiger partial charge in [-0.05, 0) is 70.5 Å². The first-order chi connectivity index (χ1) is 9.49. The fourth-order valence-corrected chi connectivity index (χ4v) is 4.27. The number of rotatable bonds is 5. The van der Waals surface area contributed by atoms with Crippen molar-refractivity contribution in [2.24, 2.45) is 17.3 Å². The van der Waals surface area contributed by atoms with Crippen LogP contribution in [0.3, 0.4) is 0 Å². The summed E-state index contributed by atoms with van der Waals surface area (Å²) in [6.45, 7) is 5.45. The molecule has 1 N–H and O–H groups in total. The molecule has 0 spiro atoms. The van der Waals surface area contributed by atoms with Gasteiger partial charge < -0.3 is 5.32 Å². The Labute approximate surface area is 129 Å². The van der Waals surface area contributed by atoms with E-state index in [2.05, 4.69) is 41.2 Å². The van der Waals surface area contributed by atoms with Crippen LogP contribution in [-0.4, -0.2) is 12.6 Å². The second-order valence-corrected chi connectivity index (χ2v) is 7.88. The van der Waals surface area contributed by atoms with Crippen molar-refractivity contribution in [3.05, 3.63) is 34.1 Å². The summed E-state index contributed by atoms with van der Waals surface area (Å²) in [6.07, 6.45) is 5.02. The van der Waals surface area contributed by atoms with Crippen molar-refractivity contribution in [1.29, 1.82) is 0 Å². The van der Waals surface area contributed by atoms with Gasteiger partial charge in [-0.3, -0.25) is 0 Å². The summed E-state index contributed by atoms with van der Waals surface area (Å²) in [5.41, 5.74) is 1.45. The Hall–Kier alpha value is -0.410. The first-order valence-electron chi connectivity index (χ1n) is 7.65. The Morgan fingerprint density at radius 3 is 2.70 bits per heavy atom. The number of benzene rings is 1. The quantitative estimate of drug-likeness (QED) is 0.829. The van der Waals surface area contributed by atoms with Gasteiger partial charge >= 0.3 is 0 Å². The molecule has 1 nitrogen and oxygen atoms in total. The third kappa shape index (κ3) is 2.94. The highest BCUT2D eigenvalue weighted by molar-refractivity contribution is 9.10. The van der Waals surface area contributed by atoms with Crippen molar-refractivity contribution in [2.75, 3.05) is 6.54 Å². The van der Waals surface area contributed by atoms with Crippen molar-refractivity contribution < 1.29 is 4.39 Å². The Kier molecular flexibility index (Phi) is 3.93. The molecule has 0 radical (unpaired) electrons. The fourth-order valence-electron chi connectivity index (χ4n) is 3.87. The zero-order valence-electron chi connectivity index (χ0n) is 12.3. The number of halogens is 2. The van der Waals surface area contributed by atoms with E-state index in [9.17, 15) is 4.39 Å². The Morgan fingerprint density at radius 2 is 2.05 bits per heavy atom. The van der Waals surface area contributed by atoms with E-state index in [0.717, 1.165) is 30.4 Å². The Bertz CT molecular complexity index is 490. The topological polar surface area (TPSA) is 12.0 Å². The summed E-state index contributed by atoms with van der Waals surface area (Å²) in [6, 6.07) is 5.93. The SMILES string of the molecule is CC(C)NCC1(Cc2cccc(F)c2Br)CC2CC2C1. The summed E-state index contributed by atoms with van der Waals surface area (Å²) in [5.74, 6) is 1.74. The minimum absolute atomic E-state index is 0.141. The van der Waals surface area contributed by atoms with E-state index in [1.165, 1.54) is 25.3 Å². The molecule has 0 amide bonds. The molecule has 2 atom stereocenters. The lowest BCUT2D eigenvalue weighted by molar-refractivity contribution is 0.241. The van der Waals surface area contributed by atoms with Gasteiger partial charge in [0.2, 0.25) is 0 Å². The molecule has 3 rings (SSSR count). The summed E-state index contributed by atoms with van der Waals surface area (Å²) >= 11 is 3.42. The predicted octanol–water partition coefficient (Wildman–Crippen LogP) is 4.55. The lowest BCUT2D eigenvalue weighted by Gasteiger charge is -2.33. The van der Waals surface area contributed by atoms with Crippen LogP contribution >= 0.6 is 15.9 Å². The number of nitrogens with one attached hydrogen (secondary N) is 1. The van der Waals surface area contributed by atoms with Crippen molar-refractivity contribution >= 4 is 15.9 Å². The Morgan fingerprint density at radius 1 is 1.35 bits per heavy atom. The highest BCUT2D eigenvalue weighted by Gasteiger charge is 2.53. The smallest absolute Gasteiger partial charge is 0.137 e. The zero-order valence-corrected chi connectivity index (χ0v) is 13.8. The van der Waals surface area contributed by atoms with Gasteiger partial charge in [0.15, 0.2) is 0 Å². The van der Waals surface area contributed by atoms with Crippen molar-refractivity contribution in [2.45, 2.75) is 45.6 Å². The number of hydrogen-bond donors (Lipinski definition) is 1. The van der Waals surface area contributed by atoms with Crippen molar-refractivity contribution in [1.82, 2.24) is 5.32 Å². The third-order valence-electron chi connectivity index (χ3n) is 4.94. The molecule has 2 aliphatic carbocycles. The molecule has 2 fully saturated rings. The van der Waals surface area contributed by atoms with Crippen LogP contribution in [-0.2, 0) is 6.42 Å². The van der Waals surface area contributed by atoms with Crippen LogP contribution in [0.4, 0.5) is 4.39 Å². The van der Waals surface area contributed by atoms with Crippen molar-refractivity contribution in [3.63, 3.8) is 0 Å². The minimum Gasteiger partial charge on any atom is -0.314 e. The molecular weight excluding hydrogens is 317 g/mol. The van der Waals surface area contributed by atoms with Crippen LogP contribution in [0.1, 0.15) is 38.7 Å². The second-order valence-electron chi connectivity index (χ2n) is 7.09. The van der Waals surface area contributed by atoms with E-state index < -0.39 is 0 Å². The van der Waals surface area contributed by atoms with Crippen LogP contribution in [0.2, 0.25) is 0 Å². The summed E-state index contributed by atoms with van der Waals surface area (Å²) in [7, 11) is 0. The van der Waals surface area contributed by atoms with Gasteiger partial charge in [0, 0.05) is 12.6 Å². The second kappa shape index (κ2) is 5.42. The van der Waals surface area contributed by atoms with Crippen LogP contribution < -0.4 is 5.32 Å². The molecule has 0 saturated heterocycles. The lowest BCUT2D eigenvalue weighted by Crippen LogP contribution is -2.38. The molecule has 1 aromatic rings. The largest absolute Gasteiger partial charge is 0.314 e. The van der Waals surface area contributed by atoms with Crippen LogP contribution in [0.25, 0.3) is 0 Å². The average molecular weight is 340 g/mol. The minimum atomic E-state index is -0.141. The van der Waals surface area contributed by atoms with E-state index >= 15 is 0 Å². The van der Waals surface area contributed by atoms with E-state index in [4.69, 9.17) is 0 Å². The summed E-state index contributed by atoms with van der Waals surface area (Å²) < 4.78 is 14.4. The molecule has 2 aliphatic rings. The molecule has 110 valence electrons. The maximum Gasteiger partial charge on any atom is 0.137 e. The maximum absolute atomic E-state index is 13.7. The fraction of sp³-hybridized carbons (Fsp3) is 0.647. The molecule has 0 heterocycles. The van der Waals surface area contributed by atoms with Gasteiger partial charge in [-0.15, -0.1) is 0 Å². The standard InChI is InChI=1S/C17H23BrFN/c1-11(2)20-10-17(8-13-6-14(13)9-17)7-12-4-3-5-15(19)16(12)18/h3-5,11,13-14,20H,6-10H2,1-2H3. The molecule has 0 bridgehead atoms. The normalized spacial score (nSPS) is 31.6. The van der Waals surface area contributed by atoms with Gasteiger partial charge in [0.05, 0.1) is 4.47 Å². The van der Waals surface area contributed by atoms with E-state index in [-0.39, 0.29) is 5.82 Å². The van der Waals surface area contributed by atoms with E-state index in [0.29, 0.717) is 15.9 Å². The molecule has 0 aromatic heterocycles. The molecular formula is C17H23BrFN. The average Bonchev–Trinajstić information content (AvgIpc) is 3.01. The highest BCUT2D eigenvalue weighted by Crippen LogP contribution is 2.60. The van der Waals surface area contributed by atoms with Crippen LogP contribution in [0.5, 0.6) is 0 Å². The molecule has 2 saturated carbocycles. The predicted molar refractivity (Wildman–Crippen MR) is 84.2 cm³/mol. The number of hydrogen-bond acceptors (Lipinski definition) is 1. The van der Waals surface area contributed by atoms with Crippen molar-refractivity contribution in [3.8, 4) is 0 Å². The molecule has 0 aliphatic heterocycles. The van der Waals surface area contributed by atoms with E-state index in [1.54, 1.807) is 0 Å². The molecule has 20 heavy (non-hydrogen) atoms. The summed E-state index contributed by atoms with van der Waals surface area (Å²) in [4.78, 5) is 0. The zero-order chi connectivity index (χ0) is 14.3. The number of fused-ring (bicyclic) bond motifs is 1. The van der Waals surface area contributed by atoms with Gasteiger partial charge in [-0.1, -0.05) is 26.0 Å². The molecule has 3 heteroatoms. The van der Waals surface area contributed by atoms with E-state index in [1.807, 2.05) is 6.07 Å². The maximum atomic E-state index is 13.7. The van der Waals surface area contributed by atoms with Crippen LogP contribution in [0.15, 0.2) is 22.7 Å².